The molecule has 0 unspecified atom stereocenters. The van der Waals surface area contributed by atoms with Crippen LogP contribution < -0.4 is 15.7 Å². The third-order valence-electron chi connectivity index (χ3n) is 3.05. The van der Waals surface area contributed by atoms with Crippen LogP contribution in [-0.2, 0) is 5.41 Å². The zero-order chi connectivity index (χ0) is 17.7. The van der Waals surface area contributed by atoms with E-state index in [1.54, 1.807) is 6.21 Å². The van der Waals surface area contributed by atoms with Crippen molar-refractivity contribution in [3.05, 3.63) is 44.3 Å². The molecule has 128 valence electrons. The molecule has 7 nitrogen and oxygen atoms in total. The molecule has 0 radical (unpaired) electrons. The van der Waals surface area contributed by atoms with Gasteiger partial charge in [0.1, 0.15) is 11.4 Å². The fraction of sp³-hybridized carbons (Fsp3) is 0.375. The first-order valence-electron chi connectivity index (χ1n) is 7.50. The molecule has 1 heterocycles. The van der Waals surface area contributed by atoms with E-state index in [1.807, 2.05) is 45.9 Å². The van der Waals surface area contributed by atoms with Gasteiger partial charge in [-0.15, -0.1) is 10.2 Å². The normalized spacial score (nSPS) is 11.7. The van der Waals surface area contributed by atoms with Crippen molar-refractivity contribution in [2.45, 2.75) is 33.1 Å². The van der Waals surface area contributed by atoms with Crippen LogP contribution in [0.25, 0.3) is 0 Å². The zero-order valence-electron chi connectivity index (χ0n) is 14.1. The predicted molar refractivity (Wildman–Crippen MR) is 97.9 cm³/mol. The van der Waals surface area contributed by atoms with Crippen LogP contribution in [0, 0.1) is 0 Å². The molecule has 2 rings (SSSR count). The summed E-state index contributed by atoms with van der Waals surface area (Å²) in [6.45, 7) is 8.24. The SMILES string of the molecule is CCOc1ccc(/C=N/Nc2nnc(C(C)(C)C)c(=O)[nH]2)cc1Br. The van der Waals surface area contributed by atoms with Gasteiger partial charge in [-0.05, 0) is 46.6 Å². The maximum Gasteiger partial charge on any atom is 0.274 e. The molecule has 1 aromatic heterocycles. The number of nitrogens with zero attached hydrogens (tertiary/aromatic N) is 3. The van der Waals surface area contributed by atoms with Gasteiger partial charge in [0.05, 0.1) is 17.3 Å². The maximum absolute atomic E-state index is 12.0. The lowest BCUT2D eigenvalue weighted by molar-refractivity contribution is 0.338. The standard InChI is InChI=1S/C16H20BrN5O2/c1-5-24-12-7-6-10(8-11(12)17)9-18-21-15-19-14(23)13(20-22-15)16(2,3)4/h6-9H,5H2,1-4H3,(H2,19,21,22,23)/b18-9+. The van der Waals surface area contributed by atoms with E-state index in [0.29, 0.717) is 12.3 Å². The topological polar surface area (TPSA) is 92.3 Å². The van der Waals surface area contributed by atoms with Crippen LogP contribution >= 0.6 is 15.9 Å². The Bertz CT molecular complexity index is 796. The van der Waals surface area contributed by atoms with Crippen molar-refractivity contribution in [3.8, 4) is 5.75 Å². The molecule has 0 spiro atoms. The second-order valence-electron chi connectivity index (χ2n) is 6.09. The fourth-order valence-electron chi connectivity index (χ4n) is 1.92. The Balaban J connectivity index is 2.08. The molecule has 1 aromatic carbocycles. The Labute approximate surface area is 148 Å². The van der Waals surface area contributed by atoms with E-state index in [-0.39, 0.29) is 16.9 Å². The van der Waals surface area contributed by atoms with Crippen LogP contribution in [0.4, 0.5) is 5.95 Å². The Hall–Kier alpha value is -2.22. The molecule has 8 heteroatoms. The highest BCUT2D eigenvalue weighted by molar-refractivity contribution is 9.10. The van der Waals surface area contributed by atoms with E-state index in [4.69, 9.17) is 4.74 Å². The van der Waals surface area contributed by atoms with Gasteiger partial charge in [0.25, 0.3) is 5.56 Å². The summed E-state index contributed by atoms with van der Waals surface area (Å²) in [4.78, 5) is 14.6. The first kappa shape index (κ1) is 18.1. The van der Waals surface area contributed by atoms with Gasteiger partial charge in [-0.25, -0.2) is 5.43 Å². The van der Waals surface area contributed by atoms with Gasteiger partial charge < -0.3 is 4.74 Å². The highest BCUT2D eigenvalue weighted by Gasteiger charge is 2.20. The number of rotatable bonds is 5. The molecule has 0 amide bonds. The summed E-state index contributed by atoms with van der Waals surface area (Å²) in [6.07, 6.45) is 1.61. The van der Waals surface area contributed by atoms with E-state index in [1.165, 1.54) is 0 Å². The lowest BCUT2D eigenvalue weighted by Gasteiger charge is -2.15. The van der Waals surface area contributed by atoms with Crippen molar-refractivity contribution in [2.75, 3.05) is 12.0 Å². The number of H-pyrrole nitrogens is 1. The smallest absolute Gasteiger partial charge is 0.274 e. The molecule has 0 aliphatic carbocycles. The van der Waals surface area contributed by atoms with Crippen molar-refractivity contribution >= 4 is 28.1 Å². The van der Waals surface area contributed by atoms with Crippen LogP contribution in [0.2, 0.25) is 0 Å². The van der Waals surface area contributed by atoms with Gasteiger partial charge in [-0.3, -0.25) is 9.78 Å². The van der Waals surface area contributed by atoms with Gasteiger partial charge in [0.2, 0.25) is 5.95 Å². The molecule has 0 atom stereocenters. The van der Waals surface area contributed by atoms with Crippen LogP contribution in [0.1, 0.15) is 39.0 Å². The number of hydrazone groups is 1. The molecular formula is C16H20BrN5O2. The van der Waals surface area contributed by atoms with Crippen molar-refractivity contribution < 1.29 is 4.74 Å². The zero-order valence-corrected chi connectivity index (χ0v) is 15.6. The minimum Gasteiger partial charge on any atom is -0.493 e. The Morgan fingerprint density at radius 1 is 1.38 bits per heavy atom. The lowest BCUT2D eigenvalue weighted by Crippen LogP contribution is -2.28. The first-order chi connectivity index (χ1) is 11.3. The highest BCUT2D eigenvalue weighted by Crippen LogP contribution is 2.25. The number of hydrogen-bond donors (Lipinski definition) is 2. The Morgan fingerprint density at radius 3 is 2.71 bits per heavy atom. The quantitative estimate of drug-likeness (QED) is 0.601. The number of nitrogens with one attached hydrogen (secondary N) is 2. The van der Waals surface area contributed by atoms with Crippen LogP contribution in [0.15, 0.2) is 32.6 Å². The molecule has 0 aliphatic rings. The molecule has 2 N–H and O–H groups in total. The van der Waals surface area contributed by atoms with E-state index in [9.17, 15) is 4.79 Å². The van der Waals surface area contributed by atoms with E-state index in [2.05, 4.69) is 41.6 Å². The molecule has 0 aliphatic heterocycles. The van der Waals surface area contributed by atoms with Gasteiger partial charge in [-0.2, -0.15) is 5.10 Å². The maximum atomic E-state index is 12.0. The van der Waals surface area contributed by atoms with Crippen LogP contribution in [0.3, 0.4) is 0 Å². The lowest BCUT2D eigenvalue weighted by atomic mass is 9.93. The van der Waals surface area contributed by atoms with E-state index < -0.39 is 0 Å². The second-order valence-corrected chi connectivity index (χ2v) is 6.95. The third kappa shape index (κ3) is 4.64. The molecule has 24 heavy (non-hydrogen) atoms. The van der Waals surface area contributed by atoms with Crippen molar-refractivity contribution in [1.29, 1.82) is 0 Å². The van der Waals surface area contributed by atoms with Crippen molar-refractivity contribution in [1.82, 2.24) is 15.2 Å². The summed E-state index contributed by atoms with van der Waals surface area (Å²) in [6, 6.07) is 5.61. The predicted octanol–water partition coefficient (Wildman–Crippen LogP) is 3.07. The monoisotopic (exact) mass is 393 g/mol. The van der Waals surface area contributed by atoms with Crippen molar-refractivity contribution in [2.24, 2.45) is 5.10 Å². The number of ether oxygens (including phenoxy) is 1. The van der Waals surface area contributed by atoms with Gasteiger partial charge >= 0.3 is 0 Å². The van der Waals surface area contributed by atoms with Crippen LogP contribution in [-0.4, -0.2) is 28.0 Å². The number of benzene rings is 1. The molecule has 0 fully saturated rings. The van der Waals surface area contributed by atoms with Gasteiger partial charge in [-0.1, -0.05) is 20.8 Å². The summed E-state index contributed by atoms with van der Waals surface area (Å²) < 4.78 is 6.30. The van der Waals surface area contributed by atoms with Crippen molar-refractivity contribution in [3.63, 3.8) is 0 Å². The average molecular weight is 394 g/mol. The minimum absolute atomic E-state index is 0.189. The molecule has 0 saturated carbocycles. The number of anilines is 1. The van der Waals surface area contributed by atoms with E-state index in [0.717, 1.165) is 15.8 Å². The van der Waals surface area contributed by atoms with Crippen LogP contribution in [0.5, 0.6) is 5.75 Å². The number of aromatic nitrogens is 3. The molecule has 0 bridgehead atoms. The van der Waals surface area contributed by atoms with Gasteiger partial charge in [0.15, 0.2) is 0 Å². The summed E-state index contributed by atoms with van der Waals surface area (Å²) in [5, 5.41) is 12.0. The second kappa shape index (κ2) is 7.57. The highest BCUT2D eigenvalue weighted by atomic mass is 79.9. The summed E-state index contributed by atoms with van der Waals surface area (Å²) in [5.41, 5.74) is 3.27. The summed E-state index contributed by atoms with van der Waals surface area (Å²) >= 11 is 3.44. The number of hydrogen-bond acceptors (Lipinski definition) is 6. The number of halogens is 1. The molecular weight excluding hydrogens is 374 g/mol. The summed E-state index contributed by atoms with van der Waals surface area (Å²) in [7, 11) is 0. The Kier molecular flexibility index (Phi) is 5.71. The van der Waals surface area contributed by atoms with Gasteiger partial charge in [0, 0.05) is 5.41 Å². The minimum atomic E-state index is -0.364. The average Bonchev–Trinajstić information content (AvgIpc) is 2.49. The third-order valence-corrected chi connectivity index (χ3v) is 3.67. The Morgan fingerprint density at radius 2 is 2.12 bits per heavy atom. The first-order valence-corrected chi connectivity index (χ1v) is 8.29. The van der Waals surface area contributed by atoms with E-state index >= 15 is 0 Å². The molecule has 2 aromatic rings. The largest absolute Gasteiger partial charge is 0.493 e. The molecule has 0 saturated heterocycles. The fourth-order valence-corrected chi connectivity index (χ4v) is 2.43. The number of aromatic amines is 1. The summed E-state index contributed by atoms with van der Waals surface area (Å²) in [5.74, 6) is 0.963.